The van der Waals surface area contributed by atoms with E-state index in [1.807, 2.05) is 6.92 Å². The lowest BCUT2D eigenvalue weighted by atomic mass is 10.1. The third-order valence-corrected chi connectivity index (χ3v) is 6.17. The Morgan fingerprint density at radius 3 is 2.63 bits per heavy atom. The summed E-state index contributed by atoms with van der Waals surface area (Å²) in [6, 6.07) is 11.1. The van der Waals surface area contributed by atoms with E-state index in [0.717, 1.165) is 16.8 Å². The Morgan fingerprint density at radius 2 is 1.93 bits per heavy atom. The molecule has 0 saturated heterocycles. The number of hydrogen-bond donors (Lipinski definition) is 1. The number of nitrogens with one attached hydrogen (secondary N) is 1. The third kappa shape index (κ3) is 4.54. The molecule has 5 nitrogen and oxygen atoms in total. The van der Waals surface area contributed by atoms with Crippen LogP contribution in [-0.4, -0.2) is 27.4 Å². The van der Waals surface area contributed by atoms with Crippen LogP contribution in [0.2, 0.25) is 0 Å². The highest BCUT2D eigenvalue weighted by Crippen LogP contribution is 2.30. The Bertz CT molecular complexity index is 927. The molecular formula is C20H23FN2O3S. The van der Waals surface area contributed by atoms with Gasteiger partial charge in [0.15, 0.2) is 0 Å². The van der Waals surface area contributed by atoms with Gasteiger partial charge in [0.2, 0.25) is 15.9 Å². The first-order valence-electron chi connectivity index (χ1n) is 9.08. The zero-order chi connectivity index (χ0) is 19.4. The lowest BCUT2D eigenvalue weighted by molar-refractivity contribution is -0.118. The smallest absolute Gasteiger partial charge is 0.240 e. The van der Waals surface area contributed by atoms with Gasteiger partial charge in [-0.25, -0.2) is 17.5 Å². The van der Waals surface area contributed by atoms with E-state index in [1.54, 1.807) is 35.2 Å². The lowest BCUT2D eigenvalue weighted by Crippen LogP contribution is -2.28. The standard InChI is InChI=1S/C20H23FN2O3S/c1-2-20(24)23-13-11-16-14-18(9-10-19(16)23)27(25,26)22-12-3-4-15-5-7-17(21)8-6-15/h5-10,14,22H,2-4,11-13H2,1H3. The van der Waals surface area contributed by atoms with Crippen molar-refractivity contribution in [3.63, 3.8) is 0 Å². The lowest BCUT2D eigenvalue weighted by Gasteiger charge is -2.16. The van der Waals surface area contributed by atoms with Crippen molar-refractivity contribution in [2.45, 2.75) is 37.5 Å². The first-order valence-corrected chi connectivity index (χ1v) is 10.6. The number of rotatable bonds is 7. The second kappa shape index (κ2) is 8.19. The fourth-order valence-corrected chi connectivity index (χ4v) is 4.35. The first-order chi connectivity index (χ1) is 12.9. The maximum absolute atomic E-state index is 12.9. The number of anilines is 1. The molecule has 7 heteroatoms. The van der Waals surface area contributed by atoms with Gasteiger partial charge < -0.3 is 4.90 Å². The second-order valence-electron chi connectivity index (χ2n) is 6.57. The molecule has 1 aliphatic heterocycles. The van der Waals surface area contributed by atoms with Crippen LogP contribution in [-0.2, 0) is 27.7 Å². The summed E-state index contributed by atoms with van der Waals surface area (Å²) >= 11 is 0. The number of hydrogen-bond acceptors (Lipinski definition) is 3. The Hall–Kier alpha value is -2.25. The molecule has 1 amide bonds. The predicted octanol–water partition coefficient (Wildman–Crippen LogP) is 3.04. The highest BCUT2D eigenvalue weighted by Gasteiger charge is 2.25. The molecule has 0 aliphatic carbocycles. The van der Waals surface area contributed by atoms with Gasteiger partial charge in [-0.05, 0) is 60.7 Å². The minimum atomic E-state index is -3.60. The fourth-order valence-electron chi connectivity index (χ4n) is 3.23. The van der Waals surface area contributed by atoms with Crippen LogP contribution in [0.3, 0.4) is 0 Å². The molecule has 0 unspecified atom stereocenters. The van der Waals surface area contributed by atoms with Crippen LogP contribution in [0.4, 0.5) is 10.1 Å². The summed E-state index contributed by atoms with van der Waals surface area (Å²) in [5, 5.41) is 0. The van der Waals surface area contributed by atoms with Gasteiger partial charge in [0.05, 0.1) is 4.90 Å². The normalized spacial score (nSPS) is 13.6. The molecule has 0 atom stereocenters. The third-order valence-electron chi connectivity index (χ3n) is 4.71. The fraction of sp³-hybridized carbons (Fsp3) is 0.350. The van der Waals surface area contributed by atoms with E-state index in [9.17, 15) is 17.6 Å². The van der Waals surface area contributed by atoms with Crippen molar-refractivity contribution < 1.29 is 17.6 Å². The average Bonchev–Trinajstić information content (AvgIpc) is 3.09. The van der Waals surface area contributed by atoms with E-state index in [1.165, 1.54) is 12.1 Å². The second-order valence-corrected chi connectivity index (χ2v) is 8.33. The van der Waals surface area contributed by atoms with Crippen LogP contribution >= 0.6 is 0 Å². The van der Waals surface area contributed by atoms with E-state index in [2.05, 4.69) is 4.72 Å². The highest BCUT2D eigenvalue weighted by atomic mass is 32.2. The molecule has 0 fully saturated rings. The Kier molecular flexibility index (Phi) is 5.92. The van der Waals surface area contributed by atoms with E-state index >= 15 is 0 Å². The number of halogens is 1. The van der Waals surface area contributed by atoms with Gasteiger partial charge in [-0.1, -0.05) is 19.1 Å². The van der Waals surface area contributed by atoms with Crippen molar-refractivity contribution in [3.05, 3.63) is 59.4 Å². The minimum absolute atomic E-state index is 0.0447. The number of nitrogens with zero attached hydrogens (tertiary/aromatic N) is 1. The van der Waals surface area contributed by atoms with Gasteiger partial charge in [0.25, 0.3) is 0 Å². The molecule has 0 aromatic heterocycles. The number of sulfonamides is 1. The van der Waals surface area contributed by atoms with Crippen LogP contribution in [0.1, 0.15) is 30.9 Å². The zero-order valence-corrected chi connectivity index (χ0v) is 16.1. The predicted molar refractivity (Wildman–Crippen MR) is 103 cm³/mol. The largest absolute Gasteiger partial charge is 0.312 e. The number of amides is 1. The minimum Gasteiger partial charge on any atom is -0.312 e. The topological polar surface area (TPSA) is 66.5 Å². The van der Waals surface area contributed by atoms with Gasteiger partial charge in [-0.2, -0.15) is 0 Å². The molecular weight excluding hydrogens is 367 g/mol. The van der Waals surface area contributed by atoms with E-state index < -0.39 is 10.0 Å². The molecule has 0 spiro atoms. The Morgan fingerprint density at radius 1 is 1.19 bits per heavy atom. The molecule has 0 saturated carbocycles. The summed E-state index contributed by atoms with van der Waals surface area (Å²) in [5.74, 6) is -0.237. The maximum atomic E-state index is 12.9. The quantitative estimate of drug-likeness (QED) is 0.739. The van der Waals surface area contributed by atoms with Crippen LogP contribution < -0.4 is 9.62 Å². The zero-order valence-electron chi connectivity index (χ0n) is 15.2. The average molecular weight is 390 g/mol. The van der Waals surface area contributed by atoms with Crippen LogP contribution in [0, 0.1) is 5.82 Å². The van der Waals surface area contributed by atoms with Crippen molar-refractivity contribution in [2.24, 2.45) is 0 Å². The molecule has 144 valence electrons. The number of fused-ring (bicyclic) bond motifs is 1. The Balaban J connectivity index is 1.60. The molecule has 0 bridgehead atoms. The summed E-state index contributed by atoms with van der Waals surface area (Å²) in [5.41, 5.74) is 2.65. The van der Waals surface area contributed by atoms with Gasteiger partial charge in [-0.15, -0.1) is 0 Å². The number of carbonyl (C=O) groups excluding carboxylic acids is 1. The van der Waals surface area contributed by atoms with Gasteiger partial charge in [0.1, 0.15) is 5.82 Å². The van der Waals surface area contributed by atoms with Crippen LogP contribution in [0.15, 0.2) is 47.4 Å². The Labute approximate surface area is 159 Å². The van der Waals surface area contributed by atoms with E-state index in [-0.39, 0.29) is 16.6 Å². The molecule has 27 heavy (non-hydrogen) atoms. The van der Waals surface area contributed by atoms with Gasteiger partial charge in [0, 0.05) is 25.2 Å². The number of benzene rings is 2. The summed E-state index contributed by atoms with van der Waals surface area (Å²) < 4.78 is 40.5. The summed E-state index contributed by atoms with van der Waals surface area (Å²) in [7, 11) is -3.60. The molecule has 2 aromatic rings. The molecule has 1 heterocycles. The van der Waals surface area contributed by atoms with Crippen LogP contribution in [0.25, 0.3) is 0 Å². The van der Waals surface area contributed by atoms with Crippen LogP contribution in [0.5, 0.6) is 0 Å². The summed E-state index contributed by atoms with van der Waals surface area (Å²) in [6.45, 7) is 2.71. The first kappa shape index (κ1) is 19.5. The van der Waals surface area contributed by atoms with Crippen molar-refractivity contribution in [3.8, 4) is 0 Å². The number of aryl methyl sites for hydroxylation is 1. The summed E-state index contributed by atoms with van der Waals surface area (Å²) in [4.78, 5) is 13.9. The molecule has 2 aromatic carbocycles. The van der Waals surface area contributed by atoms with Crippen molar-refractivity contribution in [1.29, 1.82) is 0 Å². The van der Waals surface area contributed by atoms with Crippen molar-refractivity contribution in [1.82, 2.24) is 4.72 Å². The molecule has 0 radical (unpaired) electrons. The van der Waals surface area contributed by atoms with Crippen molar-refractivity contribution in [2.75, 3.05) is 18.0 Å². The molecule has 3 rings (SSSR count). The molecule has 1 N–H and O–H groups in total. The molecule has 1 aliphatic rings. The highest BCUT2D eigenvalue weighted by molar-refractivity contribution is 7.89. The SMILES string of the molecule is CCC(=O)N1CCc2cc(S(=O)(=O)NCCCc3ccc(F)cc3)ccc21. The summed E-state index contributed by atoms with van der Waals surface area (Å²) in [6.07, 6.45) is 2.37. The van der Waals surface area contributed by atoms with Gasteiger partial charge in [-0.3, -0.25) is 4.79 Å². The van der Waals surface area contributed by atoms with E-state index in [0.29, 0.717) is 38.8 Å². The monoisotopic (exact) mass is 390 g/mol. The van der Waals surface area contributed by atoms with Gasteiger partial charge >= 0.3 is 0 Å². The van der Waals surface area contributed by atoms with E-state index in [4.69, 9.17) is 0 Å². The number of carbonyl (C=O) groups is 1. The maximum Gasteiger partial charge on any atom is 0.240 e. The van der Waals surface area contributed by atoms with Crippen molar-refractivity contribution >= 4 is 21.6 Å².